The first-order valence-electron chi connectivity index (χ1n) is 11.0. The van der Waals surface area contributed by atoms with Crippen molar-refractivity contribution in [1.82, 2.24) is 14.8 Å². The summed E-state index contributed by atoms with van der Waals surface area (Å²) in [5, 5.41) is 11.7. The van der Waals surface area contributed by atoms with Crippen molar-refractivity contribution in [2.75, 3.05) is 13.1 Å². The van der Waals surface area contributed by atoms with Gasteiger partial charge in [0.1, 0.15) is 0 Å². The van der Waals surface area contributed by atoms with Crippen LogP contribution in [0.25, 0.3) is 0 Å². The van der Waals surface area contributed by atoms with Gasteiger partial charge in [0.25, 0.3) is 11.8 Å². The average molecular weight is 462 g/mol. The number of halogens is 1. The summed E-state index contributed by atoms with van der Waals surface area (Å²) >= 11 is 5.98. The van der Waals surface area contributed by atoms with Crippen molar-refractivity contribution >= 4 is 23.4 Å². The average Bonchev–Trinajstić information content (AvgIpc) is 3.06. The Morgan fingerprint density at radius 3 is 2.00 bits per heavy atom. The minimum absolute atomic E-state index is 0.149. The van der Waals surface area contributed by atoms with Gasteiger partial charge in [0.15, 0.2) is 0 Å². The zero-order chi connectivity index (χ0) is 23.0. The smallest absolute Gasteiger partial charge is 0.261 e. The molecule has 0 aliphatic carbocycles. The van der Waals surface area contributed by atoms with Crippen LogP contribution in [-0.4, -0.2) is 44.8 Å². The molecule has 0 radical (unpaired) electrons. The third-order valence-electron chi connectivity index (χ3n) is 6.51. The molecular formula is C26H24ClN3O3. The van der Waals surface area contributed by atoms with E-state index < -0.39 is 5.60 Å². The van der Waals surface area contributed by atoms with Gasteiger partial charge < -0.3 is 5.11 Å². The Morgan fingerprint density at radius 1 is 0.818 bits per heavy atom. The van der Waals surface area contributed by atoms with Crippen molar-refractivity contribution in [3.05, 3.63) is 99.8 Å². The number of amides is 2. The van der Waals surface area contributed by atoms with Gasteiger partial charge in [-0.3, -0.25) is 24.4 Å². The molecule has 3 aromatic rings. The number of imide groups is 1. The molecule has 0 saturated carbocycles. The molecule has 0 atom stereocenters. The lowest BCUT2D eigenvalue weighted by Gasteiger charge is -2.38. The fourth-order valence-corrected chi connectivity index (χ4v) is 4.74. The van der Waals surface area contributed by atoms with Crippen molar-refractivity contribution in [3.8, 4) is 0 Å². The van der Waals surface area contributed by atoms with Gasteiger partial charge in [-0.1, -0.05) is 41.9 Å². The number of carbonyl (C=O) groups is 2. The molecule has 2 aliphatic heterocycles. The van der Waals surface area contributed by atoms with Crippen molar-refractivity contribution in [1.29, 1.82) is 0 Å². The highest BCUT2D eigenvalue weighted by atomic mass is 35.5. The molecule has 2 aliphatic rings. The first-order valence-corrected chi connectivity index (χ1v) is 11.4. The van der Waals surface area contributed by atoms with Gasteiger partial charge in [-0.15, -0.1) is 0 Å². The van der Waals surface area contributed by atoms with E-state index in [1.54, 1.807) is 24.3 Å². The van der Waals surface area contributed by atoms with Gasteiger partial charge in [-0.05, 0) is 54.8 Å². The van der Waals surface area contributed by atoms with Gasteiger partial charge in [0.05, 0.1) is 34.7 Å². The highest BCUT2D eigenvalue weighted by Crippen LogP contribution is 2.33. The van der Waals surface area contributed by atoms with Crippen molar-refractivity contribution < 1.29 is 14.7 Å². The fourth-order valence-electron chi connectivity index (χ4n) is 4.61. The summed E-state index contributed by atoms with van der Waals surface area (Å²) in [6.07, 6.45) is 1.26. The van der Waals surface area contributed by atoms with E-state index in [9.17, 15) is 14.7 Å². The van der Waals surface area contributed by atoms with Crippen LogP contribution in [0.3, 0.4) is 0 Å². The monoisotopic (exact) mass is 461 g/mol. The standard InChI is InChI=1S/C26H24ClN3O3/c27-19-10-8-18(9-11-19)26(33)12-14-29(15-13-26)16-20-4-3-5-21(28-20)17-30-24(31)22-6-1-2-7-23(22)25(30)32/h1-11,33H,12-17H2. The van der Waals surface area contributed by atoms with Crippen LogP contribution in [0.15, 0.2) is 66.7 Å². The summed E-state index contributed by atoms with van der Waals surface area (Å²) in [5.41, 5.74) is 2.49. The number of rotatable bonds is 5. The number of nitrogens with zero attached hydrogens (tertiary/aromatic N) is 3. The molecule has 6 nitrogen and oxygen atoms in total. The molecule has 2 amide bonds. The van der Waals surface area contributed by atoms with Crippen LogP contribution in [-0.2, 0) is 18.7 Å². The number of hydrogen-bond acceptors (Lipinski definition) is 5. The molecule has 1 aromatic heterocycles. The van der Waals surface area contributed by atoms with Crippen LogP contribution >= 0.6 is 11.6 Å². The second-order valence-electron chi connectivity index (χ2n) is 8.68. The summed E-state index contributed by atoms with van der Waals surface area (Å²) in [6, 6.07) is 20.0. The number of aromatic nitrogens is 1. The Hall–Kier alpha value is -3.06. The fraction of sp³-hybridized carbons (Fsp3) is 0.269. The maximum Gasteiger partial charge on any atom is 0.261 e. The van der Waals surface area contributed by atoms with E-state index in [0.717, 1.165) is 24.3 Å². The predicted molar refractivity (Wildman–Crippen MR) is 125 cm³/mol. The summed E-state index contributed by atoms with van der Waals surface area (Å²) in [6.45, 7) is 2.27. The van der Waals surface area contributed by atoms with Gasteiger partial charge in [0, 0.05) is 24.7 Å². The summed E-state index contributed by atoms with van der Waals surface area (Å²) in [4.78, 5) is 33.5. The first kappa shape index (κ1) is 21.8. The number of piperidine rings is 1. The number of benzene rings is 2. The van der Waals surface area contributed by atoms with Gasteiger partial charge in [0.2, 0.25) is 0 Å². The molecule has 1 N–H and O–H groups in total. The van der Waals surface area contributed by atoms with Crippen molar-refractivity contribution in [2.45, 2.75) is 31.5 Å². The summed E-state index contributed by atoms with van der Waals surface area (Å²) in [5.74, 6) is -0.555. The number of aliphatic hydroxyl groups is 1. The Morgan fingerprint density at radius 2 is 1.39 bits per heavy atom. The normalized spacial score (nSPS) is 17.9. The lowest BCUT2D eigenvalue weighted by atomic mass is 9.84. The molecule has 168 valence electrons. The minimum atomic E-state index is -0.845. The third kappa shape index (κ3) is 4.29. The van der Waals surface area contributed by atoms with Crippen LogP contribution in [0.4, 0.5) is 0 Å². The van der Waals surface area contributed by atoms with E-state index in [1.807, 2.05) is 42.5 Å². The summed E-state index contributed by atoms with van der Waals surface area (Å²) in [7, 11) is 0. The lowest BCUT2D eigenvalue weighted by Crippen LogP contribution is -2.42. The summed E-state index contributed by atoms with van der Waals surface area (Å²) < 4.78 is 0. The van der Waals surface area contributed by atoms with E-state index in [0.29, 0.717) is 41.2 Å². The molecule has 7 heteroatoms. The Balaban J connectivity index is 1.22. The number of likely N-dealkylation sites (tertiary alicyclic amines) is 1. The molecular weight excluding hydrogens is 438 g/mol. The van der Waals surface area contributed by atoms with Gasteiger partial charge in [-0.25, -0.2) is 0 Å². The first-order chi connectivity index (χ1) is 15.9. The molecule has 1 saturated heterocycles. The highest BCUT2D eigenvalue weighted by Gasteiger charge is 2.36. The second-order valence-corrected chi connectivity index (χ2v) is 9.11. The molecule has 0 unspecified atom stereocenters. The molecule has 5 rings (SSSR count). The molecule has 1 fully saturated rings. The van der Waals surface area contributed by atoms with E-state index in [-0.39, 0.29) is 18.4 Å². The number of pyridine rings is 1. The van der Waals surface area contributed by atoms with Crippen molar-refractivity contribution in [2.24, 2.45) is 0 Å². The van der Waals surface area contributed by atoms with Crippen LogP contribution < -0.4 is 0 Å². The van der Waals surface area contributed by atoms with Crippen LogP contribution in [0.5, 0.6) is 0 Å². The molecule has 2 aromatic carbocycles. The minimum Gasteiger partial charge on any atom is -0.385 e. The molecule has 3 heterocycles. The van der Waals surface area contributed by atoms with Crippen LogP contribution in [0, 0.1) is 0 Å². The zero-order valence-electron chi connectivity index (χ0n) is 18.1. The predicted octanol–water partition coefficient (Wildman–Crippen LogP) is 4.01. The van der Waals surface area contributed by atoms with Gasteiger partial charge >= 0.3 is 0 Å². The molecule has 33 heavy (non-hydrogen) atoms. The maximum absolute atomic E-state index is 12.6. The molecule has 0 spiro atoms. The van der Waals surface area contributed by atoms with Crippen LogP contribution in [0.2, 0.25) is 5.02 Å². The van der Waals surface area contributed by atoms with Crippen LogP contribution in [0.1, 0.15) is 50.5 Å². The number of carbonyl (C=O) groups excluding carboxylic acids is 2. The Bertz CT molecular complexity index is 1170. The Labute approximate surface area is 197 Å². The second kappa shape index (κ2) is 8.71. The van der Waals surface area contributed by atoms with Gasteiger partial charge in [-0.2, -0.15) is 0 Å². The van der Waals surface area contributed by atoms with Crippen molar-refractivity contribution in [3.63, 3.8) is 0 Å². The topological polar surface area (TPSA) is 73.7 Å². The third-order valence-corrected chi connectivity index (χ3v) is 6.77. The quantitative estimate of drug-likeness (QED) is 0.581. The SMILES string of the molecule is O=C1c2ccccc2C(=O)N1Cc1cccc(CN2CCC(O)(c3ccc(Cl)cc3)CC2)n1. The number of fused-ring (bicyclic) bond motifs is 1. The Kier molecular flexibility index (Phi) is 5.74. The van der Waals surface area contributed by atoms with E-state index in [1.165, 1.54) is 4.90 Å². The molecule has 0 bridgehead atoms. The highest BCUT2D eigenvalue weighted by molar-refractivity contribution is 6.30. The zero-order valence-corrected chi connectivity index (χ0v) is 18.8. The van der Waals surface area contributed by atoms with E-state index in [4.69, 9.17) is 16.6 Å². The van der Waals surface area contributed by atoms with E-state index >= 15 is 0 Å². The maximum atomic E-state index is 12.6. The largest absolute Gasteiger partial charge is 0.385 e. The lowest BCUT2D eigenvalue weighted by molar-refractivity contribution is -0.0279. The number of hydrogen-bond donors (Lipinski definition) is 1. The van der Waals surface area contributed by atoms with E-state index in [2.05, 4.69) is 4.90 Å².